The third kappa shape index (κ3) is 4.71. The molecule has 2 nitrogen and oxygen atoms in total. The number of nitrogens with one attached hydrogen (secondary N) is 1. The van der Waals surface area contributed by atoms with Gasteiger partial charge in [0.05, 0.1) is 5.82 Å². The van der Waals surface area contributed by atoms with E-state index < -0.39 is 0 Å². The second-order valence-electron chi connectivity index (χ2n) is 2.74. The molecule has 0 unspecified atom stereocenters. The second-order valence-corrected chi connectivity index (χ2v) is 2.74. The summed E-state index contributed by atoms with van der Waals surface area (Å²) in [5, 5.41) is 3.27. The van der Waals surface area contributed by atoms with E-state index in [1.54, 1.807) is 0 Å². The normalized spacial score (nSPS) is 9.36. The van der Waals surface area contributed by atoms with Crippen molar-refractivity contribution >= 4 is 0 Å². The molecular formula is C9H20N2. The fourth-order valence-electron chi connectivity index (χ4n) is 0.735. The van der Waals surface area contributed by atoms with Crippen molar-refractivity contribution in [2.24, 2.45) is 0 Å². The van der Waals surface area contributed by atoms with E-state index in [0.717, 1.165) is 18.9 Å². The summed E-state index contributed by atoms with van der Waals surface area (Å²) < 4.78 is 0. The Balaban J connectivity index is 3.36. The average molecular weight is 156 g/mol. The molecule has 0 saturated heterocycles. The van der Waals surface area contributed by atoms with Gasteiger partial charge >= 0.3 is 0 Å². The van der Waals surface area contributed by atoms with Crippen LogP contribution in [0, 0.1) is 0 Å². The van der Waals surface area contributed by atoms with E-state index in [4.69, 9.17) is 0 Å². The zero-order valence-corrected chi connectivity index (χ0v) is 7.98. The van der Waals surface area contributed by atoms with Gasteiger partial charge in [0.1, 0.15) is 0 Å². The van der Waals surface area contributed by atoms with Crippen molar-refractivity contribution in [1.29, 1.82) is 0 Å². The summed E-state index contributed by atoms with van der Waals surface area (Å²) in [6, 6.07) is 0. The maximum atomic E-state index is 3.91. The quantitative estimate of drug-likeness (QED) is 0.590. The molecule has 0 heterocycles. The van der Waals surface area contributed by atoms with E-state index in [2.05, 4.69) is 30.6 Å². The summed E-state index contributed by atoms with van der Waals surface area (Å²) in [7, 11) is 2.04. The third-order valence-corrected chi connectivity index (χ3v) is 1.79. The number of rotatable bonds is 6. The number of hydrogen-bond acceptors (Lipinski definition) is 2. The van der Waals surface area contributed by atoms with Gasteiger partial charge in [0.2, 0.25) is 0 Å². The van der Waals surface area contributed by atoms with Gasteiger partial charge in [-0.2, -0.15) is 0 Å². The van der Waals surface area contributed by atoms with E-state index in [1.807, 2.05) is 7.05 Å². The highest BCUT2D eigenvalue weighted by Gasteiger charge is 1.95. The highest BCUT2D eigenvalue weighted by atomic mass is 15.2. The summed E-state index contributed by atoms with van der Waals surface area (Å²) in [6.07, 6.45) is 2.45. The topological polar surface area (TPSA) is 15.3 Å². The van der Waals surface area contributed by atoms with Crippen LogP contribution in [0.2, 0.25) is 0 Å². The van der Waals surface area contributed by atoms with E-state index in [1.165, 1.54) is 12.8 Å². The SMILES string of the molecule is C=C(NCCCC)N(C)CC. The third-order valence-electron chi connectivity index (χ3n) is 1.79. The Morgan fingerprint density at radius 2 is 2.09 bits per heavy atom. The lowest BCUT2D eigenvalue weighted by molar-refractivity contribution is 0.404. The van der Waals surface area contributed by atoms with Crippen LogP contribution in [0.5, 0.6) is 0 Å². The standard InChI is InChI=1S/C9H20N2/c1-5-7-8-10-9(3)11(4)6-2/h10H,3,5-8H2,1-2,4H3. The fourth-order valence-corrected chi connectivity index (χ4v) is 0.735. The van der Waals surface area contributed by atoms with Gasteiger partial charge in [-0.15, -0.1) is 0 Å². The molecule has 0 saturated carbocycles. The molecule has 0 rings (SSSR count). The predicted octanol–water partition coefficient (Wildman–Crippen LogP) is 1.80. The molecule has 0 amide bonds. The summed E-state index contributed by atoms with van der Waals surface area (Å²) in [5.74, 6) is 1.03. The van der Waals surface area contributed by atoms with E-state index in [9.17, 15) is 0 Å². The van der Waals surface area contributed by atoms with Crippen LogP contribution >= 0.6 is 0 Å². The first-order valence-corrected chi connectivity index (χ1v) is 4.36. The Morgan fingerprint density at radius 3 is 2.55 bits per heavy atom. The largest absolute Gasteiger partial charge is 0.372 e. The molecule has 0 aliphatic heterocycles. The fraction of sp³-hybridized carbons (Fsp3) is 0.778. The van der Waals surface area contributed by atoms with E-state index >= 15 is 0 Å². The van der Waals surface area contributed by atoms with Gasteiger partial charge in [-0.3, -0.25) is 0 Å². The van der Waals surface area contributed by atoms with E-state index in [0.29, 0.717) is 0 Å². The van der Waals surface area contributed by atoms with Gasteiger partial charge in [-0.25, -0.2) is 0 Å². The Hall–Kier alpha value is -0.660. The lowest BCUT2D eigenvalue weighted by Gasteiger charge is -2.20. The van der Waals surface area contributed by atoms with Gasteiger partial charge in [-0.05, 0) is 13.3 Å². The Labute approximate surface area is 70.3 Å². The lowest BCUT2D eigenvalue weighted by Crippen LogP contribution is -2.28. The highest BCUT2D eigenvalue weighted by Crippen LogP contribution is 1.93. The zero-order chi connectivity index (χ0) is 8.69. The average Bonchev–Trinajstić information content (AvgIpc) is 2.03. The number of hydrogen-bond donors (Lipinski definition) is 1. The first-order valence-electron chi connectivity index (χ1n) is 4.36. The molecule has 0 aliphatic carbocycles. The van der Waals surface area contributed by atoms with Gasteiger partial charge in [0, 0.05) is 20.1 Å². The first-order chi connectivity index (χ1) is 5.22. The van der Waals surface area contributed by atoms with Crippen molar-refractivity contribution in [3.63, 3.8) is 0 Å². The van der Waals surface area contributed by atoms with Crippen molar-refractivity contribution in [3.8, 4) is 0 Å². The van der Waals surface area contributed by atoms with Crippen molar-refractivity contribution in [3.05, 3.63) is 12.4 Å². The van der Waals surface area contributed by atoms with Gasteiger partial charge in [0.25, 0.3) is 0 Å². The second kappa shape index (κ2) is 6.08. The zero-order valence-electron chi connectivity index (χ0n) is 7.98. The highest BCUT2D eigenvalue weighted by molar-refractivity contribution is 4.88. The van der Waals surface area contributed by atoms with Crippen LogP contribution in [0.4, 0.5) is 0 Å². The van der Waals surface area contributed by atoms with Crippen molar-refractivity contribution < 1.29 is 0 Å². The molecule has 0 spiro atoms. The molecule has 0 fully saturated rings. The smallest absolute Gasteiger partial charge is 0.0936 e. The molecule has 0 aliphatic rings. The molecular weight excluding hydrogens is 136 g/mol. The summed E-state index contributed by atoms with van der Waals surface area (Å²) in [4.78, 5) is 2.11. The summed E-state index contributed by atoms with van der Waals surface area (Å²) in [6.45, 7) is 10.3. The van der Waals surface area contributed by atoms with Crippen molar-refractivity contribution in [2.75, 3.05) is 20.1 Å². The maximum Gasteiger partial charge on any atom is 0.0936 e. The molecule has 0 bridgehead atoms. The molecule has 0 radical (unpaired) electrons. The van der Waals surface area contributed by atoms with Crippen LogP contribution in [0.3, 0.4) is 0 Å². The molecule has 0 aromatic carbocycles. The van der Waals surface area contributed by atoms with Crippen LogP contribution in [0.1, 0.15) is 26.7 Å². The van der Waals surface area contributed by atoms with Crippen molar-refractivity contribution in [1.82, 2.24) is 10.2 Å². The minimum atomic E-state index is 1.01. The Morgan fingerprint density at radius 1 is 1.45 bits per heavy atom. The monoisotopic (exact) mass is 156 g/mol. The lowest BCUT2D eigenvalue weighted by atomic mass is 10.3. The Kier molecular flexibility index (Phi) is 5.71. The molecule has 0 aromatic rings. The first kappa shape index (κ1) is 10.3. The van der Waals surface area contributed by atoms with Crippen LogP contribution in [-0.4, -0.2) is 25.0 Å². The van der Waals surface area contributed by atoms with Gasteiger partial charge in [0.15, 0.2) is 0 Å². The van der Waals surface area contributed by atoms with Crippen LogP contribution in [0.25, 0.3) is 0 Å². The molecule has 1 N–H and O–H groups in total. The maximum absolute atomic E-state index is 3.91. The van der Waals surface area contributed by atoms with Crippen LogP contribution in [0.15, 0.2) is 12.4 Å². The van der Waals surface area contributed by atoms with Gasteiger partial charge < -0.3 is 10.2 Å². The minimum absolute atomic E-state index is 1.01. The Bertz CT molecular complexity index is 110. The van der Waals surface area contributed by atoms with Crippen LogP contribution < -0.4 is 5.32 Å². The molecule has 11 heavy (non-hydrogen) atoms. The number of unbranched alkanes of at least 4 members (excludes halogenated alkanes) is 1. The molecule has 2 heteroatoms. The number of nitrogens with zero attached hydrogens (tertiary/aromatic N) is 1. The minimum Gasteiger partial charge on any atom is -0.372 e. The van der Waals surface area contributed by atoms with Crippen LogP contribution in [-0.2, 0) is 0 Å². The molecule has 0 atom stereocenters. The van der Waals surface area contributed by atoms with Crippen molar-refractivity contribution in [2.45, 2.75) is 26.7 Å². The molecule has 0 aromatic heterocycles. The summed E-state index contributed by atoms with van der Waals surface area (Å²) in [5.41, 5.74) is 0. The van der Waals surface area contributed by atoms with Gasteiger partial charge in [-0.1, -0.05) is 19.9 Å². The summed E-state index contributed by atoms with van der Waals surface area (Å²) >= 11 is 0. The predicted molar refractivity (Wildman–Crippen MR) is 50.4 cm³/mol. The van der Waals surface area contributed by atoms with E-state index in [-0.39, 0.29) is 0 Å². The molecule has 66 valence electrons.